The van der Waals surface area contributed by atoms with E-state index in [0.29, 0.717) is 5.88 Å². The van der Waals surface area contributed by atoms with E-state index >= 15 is 0 Å². The molecule has 1 saturated heterocycles. The second-order valence-corrected chi connectivity index (χ2v) is 7.95. The van der Waals surface area contributed by atoms with Gasteiger partial charge in [0.25, 0.3) is 5.91 Å². The fourth-order valence-electron chi connectivity index (χ4n) is 3.58. The second-order valence-electron chi connectivity index (χ2n) is 7.09. The van der Waals surface area contributed by atoms with Crippen LogP contribution in [0.4, 0.5) is 0 Å². The van der Waals surface area contributed by atoms with Crippen LogP contribution in [-0.4, -0.2) is 40.0 Å². The Kier molecular flexibility index (Phi) is 5.07. The highest BCUT2D eigenvalue weighted by molar-refractivity contribution is 7.17. The van der Waals surface area contributed by atoms with Crippen LogP contribution in [0.3, 0.4) is 0 Å². The number of carbonyl (C=O) groups is 1. The average molecular weight is 382 g/mol. The van der Waals surface area contributed by atoms with Crippen molar-refractivity contribution in [3.05, 3.63) is 41.5 Å². The number of benzene rings is 1. The number of piperidine rings is 1. The SMILES string of the molecule is Cc1ccc(-c2csc3ncnc(OCC(=O)N4CCCC[C@H]4C)c23)cc1. The van der Waals surface area contributed by atoms with Crippen LogP contribution in [0.15, 0.2) is 36.0 Å². The predicted molar refractivity (Wildman–Crippen MR) is 108 cm³/mol. The normalized spacial score (nSPS) is 17.3. The lowest BCUT2D eigenvalue weighted by Crippen LogP contribution is -2.44. The number of carbonyl (C=O) groups excluding carboxylic acids is 1. The van der Waals surface area contributed by atoms with Crippen LogP contribution in [0.2, 0.25) is 0 Å². The Balaban J connectivity index is 1.59. The third-order valence-corrected chi connectivity index (χ3v) is 6.04. The molecule has 0 saturated carbocycles. The molecule has 0 radical (unpaired) electrons. The molecule has 0 N–H and O–H groups in total. The van der Waals surface area contributed by atoms with Gasteiger partial charge in [-0.05, 0) is 38.7 Å². The summed E-state index contributed by atoms with van der Waals surface area (Å²) >= 11 is 1.56. The monoisotopic (exact) mass is 381 g/mol. The summed E-state index contributed by atoms with van der Waals surface area (Å²) in [5.41, 5.74) is 3.36. The largest absolute Gasteiger partial charge is 0.467 e. The van der Waals surface area contributed by atoms with Crippen LogP contribution < -0.4 is 4.74 Å². The van der Waals surface area contributed by atoms with Crippen molar-refractivity contribution in [3.63, 3.8) is 0 Å². The highest BCUT2D eigenvalue weighted by Gasteiger charge is 2.24. The van der Waals surface area contributed by atoms with Gasteiger partial charge in [0, 0.05) is 23.5 Å². The van der Waals surface area contributed by atoms with Gasteiger partial charge in [-0.25, -0.2) is 9.97 Å². The molecule has 1 atom stereocenters. The van der Waals surface area contributed by atoms with E-state index in [1.807, 2.05) is 4.90 Å². The van der Waals surface area contributed by atoms with Gasteiger partial charge in [0.05, 0.1) is 5.39 Å². The average Bonchev–Trinajstić information content (AvgIpc) is 3.12. The summed E-state index contributed by atoms with van der Waals surface area (Å²) in [7, 11) is 0. The number of thiophene rings is 1. The minimum Gasteiger partial charge on any atom is -0.467 e. The first kappa shape index (κ1) is 17.9. The van der Waals surface area contributed by atoms with Crippen molar-refractivity contribution in [2.24, 2.45) is 0 Å². The molecule has 0 aliphatic carbocycles. The first-order chi connectivity index (χ1) is 13.1. The second kappa shape index (κ2) is 7.64. The molecule has 0 unspecified atom stereocenters. The standard InChI is InChI=1S/C21H23N3O2S/c1-14-6-8-16(9-7-14)17-12-27-21-19(17)20(22-13-23-21)26-11-18(25)24-10-4-3-5-15(24)2/h6-9,12-13,15H,3-5,10-11H2,1-2H3/t15-/m1/s1. The fraction of sp³-hybridized carbons (Fsp3) is 0.381. The summed E-state index contributed by atoms with van der Waals surface area (Å²) < 4.78 is 5.89. The van der Waals surface area contributed by atoms with Crippen LogP contribution in [0.25, 0.3) is 21.3 Å². The molecule has 1 aliphatic rings. The summed E-state index contributed by atoms with van der Waals surface area (Å²) in [6.45, 7) is 5.00. The van der Waals surface area contributed by atoms with Gasteiger partial charge in [-0.3, -0.25) is 4.79 Å². The van der Waals surface area contributed by atoms with Gasteiger partial charge in [0.15, 0.2) is 6.61 Å². The Hall–Kier alpha value is -2.47. The Morgan fingerprint density at radius 1 is 1.26 bits per heavy atom. The molecule has 140 valence electrons. The molecule has 4 rings (SSSR count). The molecule has 1 amide bonds. The minimum atomic E-state index is 0.0135. The van der Waals surface area contributed by atoms with Crippen molar-refractivity contribution in [1.82, 2.24) is 14.9 Å². The molecule has 0 bridgehead atoms. The van der Waals surface area contributed by atoms with E-state index in [2.05, 4.69) is 53.5 Å². The maximum atomic E-state index is 12.6. The number of nitrogens with zero attached hydrogens (tertiary/aromatic N) is 3. The summed E-state index contributed by atoms with van der Waals surface area (Å²) in [6.07, 6.45) is 4.82. The topological polar surface area (TPSA) is 55.3 Å². The fourth-order valence-corrected chi connectivity index (χ4v) is 4.49. The van der Waals surface area contributed by atoms with Crippen LogP contribution in [0.1, 0.15) is 31.7 Å². The van der Waals surface area contributed by atoms with E-state index in [1.165, 1.54) is 18.3 Å². The van der Waals surface area contributed by atoms with Crippen molar-refractivity contribution < 1.29 is 9.53 Å². The van der Waals surface area contributed by atoms with E-state index in [4.69, 9.17) is 4.74 Å². The molecule has 1 aliphatic heterocycles. The number of aromatic nitrogens is 2. The quantitative estimate of drug-likeness (QED) is 0.670. The number of hydrogen-bond donors (Lipinski definition) is 0. The van der Waals surface area contributed by atoms with Crippen LogP contribution in [-0.2, 0) is 4.79 Å². The van der Waals surface area contributed by atoms with Gasteiger partial charge in [-0.2, -0.15) is 0 Å². The number of fused-ring (bicyclic) bond motifs is 1. The minimum absolute atomic E-state index is 0.0135. The van der Waals surface area contributed by atoms with E-state index in [-0.39, 0.29) is 18.6 Å². The van der Waals surface area contributed by atoms with Crippen LogP contribution >= 0.6 is 11.3 Å². The zero-order valence-corrected chi connectivity index (χ0v) is 16.5. The number of aryl methyl sites for hydroxylation is 1. The zero-order chi connectivity index (χ0) is 18.8. The first-order valence-electron chi connectivity index (χ1n) is 9.35. The Bertz CT molecular complexity index is 952. The number of ether oxygens (including phenoxy) is 1. The molecule has 6 heteroatoms. The predicted octanol–water partition coefficient (Wildman–Crippen LogP) is 4.45. The summed E-state index contributed by atoms with van der Waals surface area (Å²) in [5.74, 6) is 0.510. The van der Waals surface area contributed by atoms with Gasteiger partial charge < -0.3 is 9.64 Å². The van der Waals surface area contributed by atoms with Gasteiger partial charge in [-0.1, -0.05) is 29.8 Å². The van der Waals surface area contributed by atoms with E-state index in [0.717, 1.165) is 40.7 Å². The number of hydrogen-bond acceptors (Lipinski definition) is 5. The number of amides is 1. The smallest absolute Gasteiger partial charge is 0.260 e. The lowest BCUT2D eigenvalue weighted by atomic mass is 10.0. The van der Waals surface area contributed by atoms with Crippen molar-refractivity contribution >= 4 is 27.5 Å². The molecule has 2 aromatic heterocycles. The third-order valence-electron chi connectivity index (χ3n) is 5.15. The van der Waals surface area contributed by atoms with Crippen molar-refractivity contribution in [1.29, 1.82) is 0 Å². The molecule has 1 fully saturated rings. The number of likely N-dealkylation sites (tertiary alicyclic amines) is 1. The Labute approximate surface area is 163 Å². The molecule has 27 heavy (non-hydrogen) atoms. The van der Waals surface area contributed by atoms with E-state index in [1.54, 1.807) is 11.3 Å². The van der Waals surface area contributed by atoms with E-state index < -0.39 is 0 Å². The molecule has 0 spiro atoms. The first-order valence-corrected chi connectivity index (χ1v) is 10.2. The van der Waals surface area contributed by atoms with Gasteiger partial charge in [0.2, 0.25) is 5.88 Å². The van der Waals surface area contributed by atoms with Crippen LogP contribution in [0, 0.1) is 6.92 Å². The summed E-state index contributed by atoms with van der Waals surface area (Å²) in [4.78, 5) is 24.1. The maximum absolute atomic E-state index is 12.6. The molecule has 3 heterocycles. The van der Waals surface area contributed by atoms with E-state index in [9.17, 15) is 4.79 Å². The van der Waals surface area contributed by atoms with Crippen molar-refractivity contribution in [3.8, 4) is 17.0 Å². The molecule has 3 aromatic rings. The van der Waals surface area contributed by atoms with Crippen molar-refractivity contribution in [2.75, 3.05) is 13.2 Å². The zero-order valence-electron chi connectivity index (χ0n) is 15.6. The van der Waals surface area contributed by atoms with Gasteiger partial charge in [-0.15, -0.1) is 11.3 Å². The molecular weight excluding hydrogens is 358 g/mol. The molecule has 1 aromatic carbocycles. The van der Waals surface area contributed by atoms with Crippen molar-refractivity contribution in [2.45, 2.75) is 39.2 Å². The Morgan fingerprint density at radius 3 is 2.85 bits per heavy atom. The summed E-state index contributed by atoms with van der Waals surface area (Å²) in [5, 5.41) is 2.96. The maximum Gasteiger partial charge on any atom is 0.260 e. The van der Waals surface area contributed by atoms with Gasteiger partial charge in [0.1, 0.15) is 11.2 Å². The molecule has 5 nitrogen and oxygen atoms in total. The highest BCUT2D eigenvalue weighted by atomic mass is 32.1. The lowest BCUT2D eigenvalue weighted by molar-refractivity contribution is -0.136. The van der Waals surface area contributed by atoms with Gasteiger partial charge >= 0.3 is 0 Å². The number of rotatable bonds is 4. The highest BCUT2D eigenvalue weighted by Crippen LogP contribution is 2.37. The molecular formula is C21H23N3O2S. The third kappa shape index (κ3) is 3.67. The van der Waals surface area contributed by atoms with Crippen LogP contribution in [0.5, 0.6) is 5.88 Å². The summed E-state index contributed by atoms with van der Waals surface area (Å²) in [6, 6.07) is 8.64. The Morgan fingerprint density at radius 2 is 2.07 bits per heavy atom. The lowest BCUT2D eigenvalue weighted by Gasteiger charge is -2.33.